The van der Waals surface area contributed by atoms with Crippen LogP contribution in [0.15, 0.2) is 0 Å². The minimum Gasteiger partial charge on any atom is -0.393 e. The third-order valence-electron chi connectivity index (χ3n) is 1.78. The SMILES string of the molecule is CCOCCC(=O)N(C)CCC(N)=S. The fourth-order valence-electron chi connectivity index (χ4n) is 0.897. The number of carbonyl (C=O) groups is 1. The summed E-state index contributed by atoms with van der Waals surface area (Å²) in [5.41, 5.74) is 5.33. The van der Waals surface area contributed by atoms with Crippen LogP contribution < -0.4 is 5.73 Å². The predicted molar refractivity (Wildman–Crippen MR) is 60.1 cm³/mol. The van der Waals surface area contributed by atoms with Crippen LogP contribution in [0.25, 0.3) is 0 Å². The molecule has 2 N–H and O–H groups in total. The second-order valence-corrected chi connectivity index (χ2v) is 3.50. The molecule has 5 heteroatoms. The van der Waals surface area contributed by atoms with E-state index in [1.54, 1.807) is 11.9 Å². The van der Waals surface area contributed by atoms with E-state index in [4.69, 9.17) is 22.7 Å². The lowest BCUT2D eigenvalue weighted by atomic mass is 10.3. The average Bonchev–Trinajstić information content (AvgIpc) is 2.14. The Morgan fingerprint density at radius 2 is 2.14 bits per heavy atom. The van der Waals surface area contributed by atoms with Gasteiger partial charge in [0.25, 0.3) is 0 Å². The van der Waals surface area contributed by atoms with Crippen LogP contribution in [0, 0.1) is 0 Å². The molecule has 0 radical (unpaired) electrons. The highest BCUT2D eigenvalue weighted by atomic mass is 32.1. The van der Waals surface area contributed by atoms with Crippen LogP contribution in [0.4, 0.5) is 0 Å². The van der Waals surface area contributed by atoms with Gasteiger partial charge in [-0.2, -0.15) is 0 Å². The zero-order valence-electron chi connectivity index (χ0n) is 8.78. The Hall–Kier alpha value is -0.680. The summed E-state index contributed by atoms with van der Waals surface area (Å²) in [6, 6.07) is 0. The molecule has 0 saturated heterocycles. The van der Waals surface area contributed by atoms with Gasteiger partial charge in [-0.05, 0) is 6.92 Å². The minimum absolute atomic E-state index is 0.0645. The molecule has 0 aromatic rings. The van der Waals surface area contributed by atoms with Crippen molar-refractivity contribution in [3.63, 3.8) is 0 Å². The highest BCUT2D eigenvalue weighted by molar-refractivity contribution is 7.80. The number of carbonyl (C=O) groups excluding carboxylic acids is 1. The molecular formula is C9H18N2O2S. The van der Waals surface area contributed by atoms with Gasteiger partial charge in [0.15, 0.2) is 0 Å². The van der Waals surface area contributed by atoms with Crippen molar-refractivity contribution in [3.05, 3.63) is 0 Å². The summed E-state index contributed by atoms with van der Waals surface area (Å²) >= 11 is 4.72. The lowest BCUT2D eigenvalue weighted by molar-refractivity contribution is -0.130. The molecule has 82 valence electrons. The van der Waals surface area contributed by atoms with Gasteiger partial charge in [0, 0.05) is 26.6 Å². The molecule has 0 heterocycles. The van der Waals surface area contributed by atoms with E-state index in [1.807, 2.05) is 6.92 Å². The molecule has 0 rings (SSSR count). The van der Waals surface area contributed by atoms with Crippen molar-refractivity contribution in [1.82, 2.24) is 4.90 Å². The van der Waals surface area contributed by atoms with Crippen LogP contribution >= 0.6 is 12.2 Å². The lowest BCUT2D eigenvalue weighted by Crippen LogP contribution is -2.30. The van der Waals surface area contributed by atoms with Crippen LogP contribution in [0.2, 0.25) is 0 Å². The zero-order chi connectivity index (χ0) is 11.0. The fourth-order valence-corrected chi connectivity index (χ4v) is 0.989. The number of ether oxygens (including phenoxy) is 1. The fraction of sp³-hybridized carbons (Fsp3) is 0.778. The lowest BCUT2D eigenvalue weighted by Gasteiger charge is -2.16. The molecule has 0 aromatic heterocycles. The normalized spacial score (nSPS) is 9.86. The summed E-state index contributed by atoms with van der Waals surface area (Å²) in [5.74, 6) is 0.0645. The molecule has 4 nitrogen and oxygen atoms in total. The second kappa shape index (κ2) is 7.70. The average molecular weight is 218 g/mol. The maximum atomic E-state index is 11.4. The number of thiocarbonyl (C=S) groups is 1. The van der Waals surface area contributed by atoms with Crippen molar-refractivity contribution in [1.29, 1.82) is 0 Å². The first-order valence-electron chi connectivity index (χ1n) is 4.68. The molecule has 0 aromatic carbocycles. The smallest absolute Gasteiger partial charge is 0.224 e. The van der Waals surface area contributed by atoms with E-state index in [-0.39, 0.29) is 5.91 Å². The first-order valence-corrected chi connectivity index (χ1v) is 5.08. The number of hydrogen-bond acceptors (Lipinski definition) is 3. The highest BCUT2D eigenvalue weighted by Crippen LogP contribution is 1.94. The van der Waals surface area contributed by atoms with Crippen molar-refractivity contribution in [2.75, 3.05) is 26.8 Å². The molecule has 0 bridgehead atoms. The Balaban J connectivity index is 3.59. The van der Waals surface area contributed by atoms with E-state index in [0.29, 0.717) is 37.6 Å². The van der Waals surface area contributed by atoms with Crippen molar-refractivity contribution >= 4 is 23.1 Å². The first-order chi connectivity index (χ1) is 6.57. The predicted octanol–water partition coefficient (Wildman–Crippen LogP) is 0.548. The van der Waals surface area contributed by atoms with Crippen molar-refractivity contribution in [2.24, 2.45) is 5.73 Å². The number of nitrogens with zero attached hydrogens (tertiary/aromatic N) is 1. The van der Waals surface area contributed by atoms with Crippen LogP contribution in [-0.4, -0.2) is 42.6 Å². The van der Waals surface area contributed by atoms with Crippen LogP contribution in [-0.2, 0) is 9.53 Å². The number of rotatable bonds is 7. The van der Waals surface area contributed by atoms with Crippen LogP contribution in [0.5, 0.6) is 0 Å². The molecular weight excluding hydrogens is 200 g/mol. The van der Waals surface area contributed by atoms with Gasteiger partial charge in [-0.1, -0.05) is 12.2 Å². The Morgan fingerprint density at radius 1 is 1.50 bits per heavy atom. The number of hydrogen-bond donors (Lipinski definition) is 1. The third kappa shape index (κ3) is 6.80. The molecule has 0 saturated carbocycles. The topological polar surface area (TPSA) is 55.6 Å². The molecule has 0 aliphatic carbocycles. The van der Waals surface area contributed by atoms with Gasteiger partial charge in [0.2, 0.25) is 5.91 Å². The van der Waals surface area contributed by atoms with Crippen LogP contribution in [0.3, 0.4) is 0 Å². The maximum absolute atomic E-state index is 11.4. The van der Waals surface area contributed by atoms with Crippen molar-refractivity contribution in [2.45, 2.75) is 19.8 Å². The monoisotopic (exact) mass is 218 g/mol. The minimum atomic E-state index is 0.0645. The summed E-state index contributed by atoms with van der Waals surface area (Å²) in [7, 11) is 1.74. The Kier molecular flexibility index (Phi) is 7.32. The summed E-state index contributed by atoms with van der Waals surface area (Å²) in [6.45, 7) is 3.61. The van der Waals surface area contributed by atoms with Gasteiger partial charge >= 0.3 is 0 Å². The Labute approximate surface area is 90.4 Å². The van der Waals surface area contributed by atoms with Gasteiger partial charge < -0.3 is 15.4 Å². The molecule has 0 aliphatic rings. The molecule has 0 atom stereocenters. The maximum Gasteiger partial charge on any atom is 0.224 e. The Bertz CT molecular complexity index is 197. The van der Waals surface area contributed by atoms with Gasteiger partial charge in [-0.15, -0.1) is 0 Å². The standard InChI is InChI=1S/C9H18N2O2S/c1-3-13-7-5-9(12)11(2)6-4-8(10)14/h3-7H2,1-2H3,(H2,10,14). The zero-order valence-corrected chi connectivity index (χ0v) is 9.60. The first kappa shape index (κ1) is 13.3. The molecule has 14 heavy (non-hydrogen) atoms. The summed E-state index contributed by atoms with van der Waals surface area (Å²) in [5, 5.41) is 0. The van der Waals surface area contributed by atoms with Gasteiger partial charge in [0.1, 0.15) is 0 Å². The second-order valence-electron chi connectivity index (χ2n) is 2.98. The van der Waals surface area contributed by atoms with E-state index in [2.05, 4.69) is 0 Å². The molecule has 0 spiro atoms. The van der Waals surface area contributed by atoms with Gasteiger partial charge in [0.05, 0.1) is 18.0 Å². The van der Waals surface area contributed by atoms with E-state index >= 15 is 0 Å². The third-order valence-corrected chi connectivity index (χ3v) is 1.99. The van der Waals surface area contributed by atoms with Gasteiger partial charge in [-0.25, -0.2) is 0 Å². The molecule has 0 unspecified atom stereocenters. The number of nitrogens with two attached hydrogens (primary N) is 1. The van der Waals surface area contributed by atoms with Crippen molar-refractivity contribution < 1.29 is 9.53 Å². The number of amides is 1. The summed E-state index contributed by atoms with van der Waals surface area (Å²) < 4.78 is 5.08. The molecule has 1 amide bonds. The van der Waals surface area contributed by atoms with E-state index in [9.17, 15) is 4.79 Å². The molecule has 0 aliphatic heterocycles. The quantitative estimate of drug-likeness (QED) is 0.501. The summed E-state index contributed by atoms with van der Waals surface area (Å²) in [6.07, 6.45) is 0.994. The van der Waals surface area contributed by atoms with Crippen LogP contribution in [0.1, 0.15) is 19.8 Å². The van der Waals surface area contributed by atoms with Gasteiger partial charge in [-0.3, -0.25) is 4.79 Å². The highest BCUT2D eigenvalue weighted by Gasteiger charge is 2.07. The Morgan fingerprint density at radius 3 is 2.64 bits per heavy atom. The van der Waals surface area contributed by atoms with Crippen molar-refractivity contribution in [3.8, 4) is 0 Å². The summed E-state index contributed by atoms with van der Waals surface area (Å²) in [4.78, 5) is 13.5. The largest absolute Gasteiger partial charge is 0.393 e. The van der Waals surface area contributed by atoms with E-state index < -0.39 is 0 Å². The molecule has 0 fully saturated rings. The van der Waals surface area contributed by atoms with E-state index in [1.165, 1.54) is 0 Å². The van der Waals surface area contributed by atoms with E-state index in [0.717, 1.165) is 0 Å².